The monoisotopic (exact) mass is 410 g/mol. The summed E-state index contributed by atoms with van der Waals surface area (Å²) in [5.41, 5.74) is 5.20. The predicted octanol–water partition coefficient (Wildman–Crippen LogP) is 4.98. The summed E-state index contributed by atoms with van der Waals surface area (Å²) >= 11 is 8.76. The van der Waals surface area contributed by atoms with Crippen LogP contribution in [0.2, 0.25) is 0 Å². The molecular formula is C15H12Br2N2S. The van der Waals surface area contributed by atoms with Gasteiger partial charge in [-0.05, 0) is 60.3 Å². The molecule has 5 heteroatoms. The van der Waals surface area contributed by atoms with Crippen LogP contribution in [0.5, 0.6) is 0 Å². The number of nitrogens with one attached hydrogen (secondary N) is 1. The van der Waals surface area contributed by atoms with Crippen LogP contribution < -0.4 is 11.3 Å². The van der Waals surface area contributed by atoms with Crippen LogP contribution in [0, 0.1) is 0 Å². The summed E-state index contributed by atoms with van der Waals surface area (Å²) in [6.07, 6.45) is 0. The fraction of sp³-hybridized carbons (Fsp3) is 0.0667. The molecule has 0 saturated carbocycles. The maximum absolute atomic E-state index is 5.78. The van der Waals surface area contributed by atoms with Gasteiger partial charge in [-0.3, -0.25) is 5.84 Å². The summed E-state index contributed by atoms with van der Waals surface area (Å²) in [7, 11) is 0. The molecule has 0 saturated heterocycles. The molecule has 3 aromatic rings. The van der Waals surface area contributed by atoms with Gasteiger partial charge in [0.2, 0.25) is 0 Å². The lowest BCUT2D eigenvalue weighted by Gasteiger charge is -2.16. The van der Waals surface area contributed by atoms with E-state index in [1.807, 2.05) is 12.1 Å². The van der Waals surface area contributed by atoms with Crippen LogP contribution in [0.1, 0.15) is 17.2 Å². The van der Waals surface area contributed by atoms with Crippen LogP contribution in [0.25, 0.3) is 10.8 Å². The van der Waals surface area contributed by atoms with E-state index in [9.17, 15) is 0 Å². The van der Waals surface area contributed by atoms with Crippen molar-refractivity contribution in [1.82, 2.24) is 5.43 Å². The molecule has 1 atom stereocenters. The molecule has 0 radical (unpaired) electrons. The largest absolute Gasteiger partial charge is 0.271 e. The van der Waals surface area contributed by atoms with E-state index in [0.29, 0.717) is 0 Å². The molecule has 20 heavy (non-hydrogen) atoms. The first-order valence-corrected chi connectivity index (χ1v) is 8.49. The lowest BCUT2D eigenvalue weighted by Crippen LogP contribution is -2.28. The van der Waals surface area contributed by atoms with Crippen molar-refractivity contribution in [2.45, 2.75) is 6.04 Å². The van der Waals surface area contributed by atoms with Gasteiger partial charge in [0.05, 0.1) is 13.6 Å². The smallest absolute Gasteiger partial charge is 0.0762 e. The average molecular weight is 412 g/mol. The van der Waals surface area contributed by atoms with E-state index >= 15 is 0 Å². The molecule has 1 heterocycles. The number of benzene rings is 2. The highest BCUT2D eigenvalue weighted by atomic mass is 79.9. The molecule has 1 unspecified atom stereocenters. The molecule has 102 valence electrons. The van der Waals surface area contributed by atoms with Crippen molar-refractivity contribution < 1.29 is 0 Å². The van der Waals surface area contributed by atoms with Gasteiger partial charge in [0.15, 0.2) is 0 Å². The first-order valence-electron chi connectivity index (χ1n) is 6.08. The second-order valence-corrected chi connectivity index (χ2v) is 8.24. The number of hydrazine groups is 1. The summed E-state index contributed by atoms with van der Waals surface area (Å²) in [5, 5.41) is 2.45. The van der Waals surface area contributed by atoms with E-state index in [0.717, 1.165) is 18.7 Å². The van der Waals surface area contributed by atoms with Gasteiger partial charge in [-0.25, -0.2) is 5.43 Å². The minimum Gasteiger partial charge on any atom is -0.271 e. The van der Waals surface area contributed by atoms with E-state index in [4.69, 9.17) is 5.84 Å². The first-order chi connectivity index (χ1) is 9.69. The molecule has 0 bridgehead atoms. The number of nitrogens with two attached hydrogens (primary N) is 1. The average Bonchev–Trinajstić information content (AvgIpc) is 2.78. The lowest BCUT2D eigenvalue weighted by atomic mass is 9.98. The Bertz CT molecular complexity index is 754. The van der Waals surface area contributed by atoms with E-state index in [1.54, 1.807) is 11.3 Å². The van der Waals surface area contributed by atoms with Crippen molar-refractivity contribution in [2.24, 2.45) is 5.84 Å². The number of hydrogen-bond donors (Lipinski definition) is 2. The minimum atomic E-state index is -0.0310. The van der Waals surface area contributed by atoms with Crippen LogP contribution in [0.3, 0.4) is 0 Å². The molecule has 3 rings (SSSR count). The standard InChI is InChI=1S/C15H12Br2N2S/c16-13-8-12(15(17)20-13)14(19-18)11-6-5-9-3-1-2-4-10(9)7-11/h1-8,14,19H,18H2. The number of hydrogen-bond acceptors (Lipinski definition) is 3. The van der Waals surface area contributed by atoms with Gasteiger partial charge in [0.1, 0.15) is 0 Å². The molecule has 0 fully saturated rings. The highest BCUT2D eigenvalue weighted by Crippen LogP contribution is 2.38. The normalized spacial score (nSPS) is 12.8. The highest BCUT2D eigenvalue weighted by molar-refractivity contribution is 9.12. The Morgan fingerprint density at radius 2 is 1.75 bits per heavy atom. The molecule has 0 amide bonds. The van der Waals surface area contributed by atoms with Crippen LogP contribution in [-0.4, -0.2) is 0 Å². The summed E-state index contributed by atoms with van der Waals surface area (Å²) in [6.45, 7) is 0. The zero-order valence-corrected chi connectivity index (χ0v) is 14.4. The molecule has 1 aromatic heterocycles. The molecule has 2 aromatic carbocycles. The Morgan fingerprint density at radius 3 is 2.40 bits per heavy atom. The topological polar surface area (TPSA) is 38.0 Å². The molecule has 2 nitrogen and oxygen atoms in total. The maximum Gasteiger partial charge on any atom is 0.0762 e. The molecule has 0 aliphatic carbocycles. The van der Waals surface area contributed by atoms with Crippen molar-refractivity contribution in [2.75, 3.05) is 0 Å². The molecular weight excluding hydrogens is 400 g/mol. The van der Waals surface area contributed by atoms with Gasteiger partial charge in [-0.15, -0.1) is 11.3 Å². The number of halogens is 2. The van der Waals surface area contributed by atoms with Crippen LogP contribution in [0.4, 0.5) is 0 Å². The third-order valence-corrected chi connectivity index (χ3v) is 5.65. The van der Waals surface area contributed by atoms with Gasteiger partial charge in [-0.2, -0.15) is 0 Å². The lowest BCUT2D eigenvalue weighted by molar-refractivity contribution is 0.637. The second-order valence-electron chi connectivity index (χ2n) is 4.49. The Labute approximate surface area is 138 Å². The third kappa shape index (κ3) is 2.69. The Kier molecular flexibility index (Phi) is 4.23. The van der Waals surface area contributed by atoms with Crippen molar-refractivity contribution >= 4 is 54.0 Å². The third-order valence-electron chi connectivity index (χ3n) is 3.27. The van der Waals surface area contributed by atoms with E-state index in [-0.39, 0.29) is 6.04 Å². The predicted molar refractivity (Wildman–Crippen MR) is 92.8 cm³/mol. The van der Waals surface area contributed by atoms with Gasteiger partial charge in [-0.1, -0.05) is 36.4 Å². The van der Waals surface area contributed by atoms with E-state index in [2.05, 4.69) is 73.7 Å². The maximum atomic E-state index is 5.78. The number of rotatable bonds is 3. The van der Waals surface area contributed by atoms with Crippen LogP contribution >= 0.6 is 43.2 Å². The Morgan fingerprint density at radius 1 is 1.00 bits per heavy atom. The number of thiophene rings is 1. The highest BCUT2D eigenvalue weighted by Gasteiger charge is 2.18. The minimum absolute atomic E-state index is 0.0310. The second kappa shape index (κ2) is 5.95. The van der Waals surface area contributed by atoms with Gasteiger partial charge < -0.3 is 0 Å². The van der Waals surface area contributed by atoms with Crippen molar-refractivity contribution in [3.63, 3.8) is 0 Å². The Balaban J connectivity index is 2.09. The summed E-state index contributed by atoms with van der Waals surface area (Å²) in [5.74, 6) is 5.78. The van der Waals surface area contributed by atoms with Crippen molar-refractivity contribution in [3.8, 4) is 0 Å². The van der Waals surface area contributed by atoms with Gasteiger partial charge in [0, 0.05) is 5.56 Å². The zero-order chi connectivity index (χ0) is 14.1. The van der Waals surface area contributed by atoms with Gasteiger partial charge >= 0.3 is 0 Å². The number of fused-ring (bicyclic) bond motifs is 1. The van der Waals surface area contributed by atoms with Crippen LogP contribution in [0.15, 0.2) is 56.1 Å². The summed E-state index contributed by atoms with van der Waals surface area (Å²) in [4.78, 5) is 0. The molecule has 0 aliphatic rings. The summed E-state index contributed by atoms with van der Waals surface area (Å²) in [6, 6.07) is 16.8. The van der Waals surface area contributed by atoms with Crippen molar-refractivity contribution in [1.29, 1.82) is 0 Å². The molecule has 3 N–H and O–H groups in total. The Hall–Kier alpha value is -0.720. The molecule has 0 spiro atoms. The zero-order valence-electron chi connectivity index (χ0n) is 10.4. The SMILES string of the molecule is NNC(c1ccc2ccccc2c1)c1cc(Br)sc1Br. The fourth-order valence-corrected chi connectivity index (χ4v) is 5.20. The quantitative estimate of drug-likeness (QED) is 0.471. The van der Waals surface area contributed by atoms with Crippen molar-refractivity contribution in [3.05, 3.63) is 67.2 Å². The fourth-order valence-electron chi connectivity index (χ4n) is 2.30. The van der Waals surface area contributed by atoms with Gasteiger partial charge in [0.25, 0.3) is 0 Å². The van der Waals surface area contributed by atoms with E-state index < -0.39 is 0 Å². The first kappa shape index (κ1) is 14.2. The molecule has 0 aliphatic heterocycles. The summed E-state index contributed by atoms with van der Waals surface area (Å²) < 4.78 is 2.17. The van der Waals surface area contributed by atoms with Crippen LogP contribution in [-0.2, 0) is 0 Å². The van der Waals surface area contributed by atoms with E-state index in [1.165, 1.54) is 10.8 Å².